The van der Waals surface area contributed by atoms with Crippen LogP contribution in [0.25, 0.3) is 0 Å². The molecule has 0 saturated carbocycles. The van der Waals surface area contributed by atoms with Crippen LogP contribution >= 0.6 is 0 Å². The van der Waals surface area contributed by atoms with E-state index in [4.69, 9.17) is 0 Å². The van der Waals surface area contributed by atoms with Crippen molar-refractivity contribution in [3.8, 4) is 0 Å². The van der Waals surface area contributed by atoms with Crippen LogP contribution < -0.4 is 5.32 Å². The van der Waals surface area contributed by atoms with E-state index in [1.54, 1.807) is 0 Å². The van der Waals surface area contributed by atoms with E-state index in [0.29, 0.717) is 6.42 Å². The molecule has 0 unspecified atom stereocenters. The van der Waals surface area contributed by atoms with Gasteiger partial charge in [0, 0.05) is 13.0 Å². The summed E-state index contributed by atoms with van der Waals surface area (Å²) in [6.45, 7) is 5.25. The van der Waals surface area contributed by atoms with Gasteiger partial charge in [-0.25, -0.2) is 0 Å². The lowest BCUT2D eigenvalue weighted by Crippen LogP contribution is -2.40. The lowest BCUT2D eigenvalue weighted by atomic mass is 10.0. The van der Waals surface area contributed by atoms with Crippen molar-refractivity contribution in [2.24, 2.45) is 0 Å². The van der Waals surface area contributed by atoms with Gasteiger partial charge in [0.15, 0.2) is 5.79 Å². The van der Waals surface area contributed by atoms with E-state index in [1.807, 2.05) is 6.92 Å². The fourth-order valence-electron chi connectivity index (χ4n) is 1.96. The lowest BCUT2D eigenvalue weighted by Gasteiger charge is -2.21. The molecule has 0 radical (unpaired) electrons. The number of likely N-dealkylation sites (N-methyl/N-ethyl adjacent to an activating group) is 1. The summed E-state index contributed by atoms with van der Waals surface area (Å²) in [5.41, 5.74) is 0. The zero-order valence-electron chi connectivity index (χ0n) is 11.7. The van der Waals surface area contributed by atoms with E-state index in [9.17, 15) is 10.2 Å². The number of hydrogen-bond acceptors (Lipinski definition) is 3. The molecule has 0 atom stereocenters. The van der Waals surface area contributed by atoms with Crippen LogP contribution in [0.3, 0.4) is 0 Å². The fraction of sp³-hybridized carbons (Fsp3) is 1.00. The van der Waals surface area contributed by atoms with Gasteiger partial charge in [0.25, 0.3) is 0 Å². The molecule has 0 aromatic carbocycles. The third-order valence-corrected chi connectivity index (χ3v) is 3.09. The van der Waals surface area contributed by atoms with Gasteiger partial charge in [-0.05, 0) is 13.0 Å². The first kappa shape index (κ1) is 16.9. The van der Waals surface area contributed by atoms with Crippen LogP contribution in [0.5, 0.6) is 0 Å². The van der Waals surface area contributed by atoms with Crippen LogP contribution in [0.2, 0.25) is 0 Å². The minimum absolute atomic E-state index is 0.278. The molecule has 0 aliphatic carbocycles. The molecule has 0 fully saturated rings. The quantitative estimate of drug-likeness (QED) is 0.366. The molecule has 0 amide bonds. The van der Waals surface area contributed by atoms with E-state index < -0.39 is 5.79 Å². The molecule has 0 aromatic rings. The normalized spacial score (nSPS) is 12.0. The molecule has 104 valence electrons. The first-order valence-corrected chi connectivity index (χ1v) is 7.28. The van der Waals surface area contributed by atoms with Gasteiger partial charge < -0.3 is 15.5 Å². The Morgan fingerprint density at radius 1 is 0.824 bits per heavy atom. The molecule has 0 bridgehead atoms. The van der Waals surface area contributed by atoms with Crippen molar-refractivity contribution >= 4 is 0 Å². The summed E-state index contributed by atoms with van der Waals surface area (Å²) in [5, 5.41) is 22.2. The summed E-state index contributed by atoms with van der Waals surface area (Å²) in [5.74, 6) is -1.52. The highest BCUT2D eigenvalue weighted by Gasteiger charge is 2.20. The van der Waals surface area contributed by atoms with Gasteiger partial charge in [0.2, 0.25) is 0 Å². The topological polar surface area (TPSA) is 52.5 Å². The number of rotatable bonds is 12. The van der Waals surface area contributed by atoms with Crippen molar-refractivity contribution in [1.29, 1.82) is 0 Å². The van der Waals surface area contributed by atoms with Crippen LogP contribution in [0.4, 0.5) is 0 Å². The average Bonchev–Trinajstić information content (AvgIpc) is 2.30. The highest BCUT2D eigenvalue weighted by atomic mass is 16.5. The summed E-state index contributed by atoms with van der Waals surface area (Å²) in [4.78, 5) is 0. The Morgan fingerprint density at radius 3 is 1.88 bits per heavy atom. The highest BCUT2D eigenvalue weighted by molar-refractivity contribution is 4.67. The SMILES string of the molecule is CCCCCCCCCCC(O)(O)CNCC. The second kappa shape index (κ2) is 11.0. The van der Waals surface area contributed by atoms with Gasteiger partial charge in [0.05, 0.1) is 0 Å². The van der Waals surface area contributed by atoms with Crippen molar-refractivity contribution < 1.29 is 10.2 Å². The largest absolute Gasteiger partial charge is 0.365 e. The zero-order chi connectivity index (χ0) is 13.0. The molecule has 17 heavy (non-hydrogen) atoms. The average molecular weight is 245 g/mol. The Kier molecular flexibility index (Phi) is 10.9. The predicted molar refractivity (Wildman–Crippen MR) is 72.9 cm³/mol. The summed E-state index contributed by atoms with van der Waals surface area (Å²) >= 11 is 0. The van der Waals surface area contributed by atoms with E-state index in [0.717, 1.165) is 19.4 Å². The second-order valence-electron chi connectivity index (χ2n) is 4.99. The molecule has 3 heteroatoms. The van der Waals surface area contributed by atoms with Crippen molar-refractivity contribution in [3.05, 3.63) is 0 Å². The van der Waals surface area contributed by atoms with E-state index >= 15 is 0 Å². The second-order valence-corrected chi connectivity index (χ2v) is 4.99. The minimum atomic E-state index is -1.52. The highest BCUT2D eigenvalue weighted by Crippen LogP contribution is 2.14. The zero-order valence-corrected chi connectivity index (χ0v) is 11.7. The lowest BCUT2D eigenvalue weighted by molar-refractivity contribution is -0.162. The molecule has 0 spiro atoms. The maximum absolute atomic E-state index is 9.61. The summed E-state index contributed by atoms with van der Waals surface area (Å²) in [6.07, 6.45) is 10.3. The molecule has 0 rings (SSSR count). The van der Waals surface area contributed by atoms with Gasteiger partial charge in [-0.1, -0.05) is 58.8 Å². The fourth-order valence-corrected chi connectivity index (χ4v) is 1.96. The smallest absolute Gasteiger partial charge is 0.175 e. The molecule has 0 heterocycles. The van der Waals surface area contributed by atoms with E-state index in [2.05, 4.69) is 12.2 Å². The Balaban J connectivity index is 3.26. The van der Waals surface area contributed by atoms with Gasteiger partial charge in [-0.3, -0.25) is 0 Å². The number of aliphatic hydroxyl groups is 2. The monoisotopic (exact) mass is 245 g/mol. The minimum Gasteiger partial charge on any atom is -0.365 e. The molecular formula is C14H31NO2. The van der Waals surface area contributed by atoms with Gasteiger partial charge in [-0.15, -0.1) is 0 Å². The maximum Gasteiger partial charge on any atom is 0.175 e. The van der Waals surface area contributed by atoms with Crippen LogP contribution in [0.1, 0.15) is 71.6 Å². The van der Waals surface area contributed by atoms with Crippen LogP contribution in [-0.2, 0) is 0 Å². The Labute approximate surface area is 107 Å². The molecule has 0 saturated heterocycles. The maximum atomic E-state index is 9.61. The first-order chi connectivity index (χ1) is 8.12. The molecule has 3 N–H and O–H groups in total. The Hall–Kier alpha value is -0.120. The van der Waals surface area contributed by atoms with Crippen LogP contribution in [-0.4, -0.2) is 29.1 Å². The molecule has 0 aromatic heterocycles. The van der Waals surface area contributed by atoms with Crippen molar-refractivity contribution in [3.63, 3.8) is 0 Å². The van der Waals surface area contributed by atoms with Crippen LogP contribution in [0, 0.1) is 0 Å². The molecular weight excluding hydrogens is 214 g/mol. The van der Waals surface area contributed by atoms with Gasteiger partial charge in [-0.2, -0.15) is 0 Å². The van der Waals surface area contributed by atoms with Crippen molar-refractivity contribution in [2.45, 2.75) is 77.4 Å². The van der Waals surface area contributed by atoms with Gasteiger partial charge >= 0.3 is 0 Å². The van der Waals surface area contributed by atoms with Crippen LogP contribution in [0.15, 0.2) is 0 Å². The summed E-state index contributed by atoms with van der Waals surface area (Å²) < 4.78 is 0. The number of hydrogen-bond donors (Lipinski definition) is 3. The van der Waals surface area contributed by atoms with Crippen molar-refractivity contribution in [2.75, 3.05) is 13.1 Å². The van der Waals surface area contributed by atoms with Gasteiger partial charge in [0.1, 0.15) is 0 Å². The molecule has 0 aliphatic heterocycles. The third-order valence-electron chi connectivity index (χ3n) is 3.09. The van der Waals surface area contributed by atoms with E-state index in [-0.39, 0.29) is 6.54 Å². The Bertz CT molecular complexity index is 160. The van der Waals surface area contributed by atoms with E-state index in [1.165, 1.54) is 38.5 Å². The third kappa shape index (κ3) is 12.1. The molecule has 0 aliphatic rings. The summed E-state index contributed by atoms with van der Waals surface area (Å²) in [6, 6.07) is 0. The standard InChI is InChI=1S/C14H31NO2/c1-3-5-6-7-8-9-10-11-12-14(16,17)13-15-4-2/h15-17H,3-13H2,1-2H3. The Morgan fingerprint density at radius 2 is 1.35 bits per heavy atom. The summed E-state index contributed by atoms with van der Waals surface area (Å²) in [7, 11) is 0. The van der Waals surface area contributed by atoms with Crippen molar-refractivity contribution in [1.82, 2.24) is 5.32 Å². The molecule has 3 nitrogen and oxygen atoms in total. The number of nitrogens with one attached hydrogen (secondary N) is 1. The predicted octanol–water partition coefficient (Wildman–Crippen LogP) is 2.81. The first-order valence-electron chi connectivity index (χ1n) is 7.28. The number of unbranched alkanes of at least 4 members (excludes halogenated alkanes) is 7.